The fourth-order valence-electron chi connectivity index (χ4n) is 2.28. The Bertz CT molecular complexity index is 655. The highest BCUT2D eigenvalue weighted by atomic mass is 32.1. The summed E-state index contributed by atoms with van der Waals surface area (Å²) >= 11 is 3.54. The van der Waals surface area contributed by atoms with Gasteiger partial charge in [0.1, 0.15) is 5.75 Å². The maximum Gasteiger partial charge on any atom is 0.141 e. The molecule has 4 heteroatoms. The van der Waals surface area contributed by atoms with E-state index < -0.39 is 0 Å². The van der Waals surface area contributed by atoms with Gasteiger partial charge < -0.3 is 10.1 Å². The normalized spacial score (nSPS) is 10.8. The van der Waals surface area contributed by atoms with E-state index in [2.05, 4.69) is 59.4 Å². The first-order valence-corrected chi connectivity index (χ1v) is 8.52. The molecule has 21 heavy (non-hydrogen) atoms. The molecule has 0 radical (unpaired) electrons. The van der Waals surface area contributed by atoms with E-state index >= 15 is 0 Å². The average molecular weight is 315 g/mol. The molecule has 0 saturated heterocycles. The molecule has 1 N–H and O–H groups in total. The molecule has 0 bridgehead atoms. The Labute approximate surface area is 133 Å². The van der Waals surface area contributed by atoms with Crippen LogP contribution in [0.1, 0.15) is 21.4 Å². The highest BCUT2D eigenvalue weighted by Gasteiger charge is 2.17. The van der Waals surface area contributed by atoms with Crippen molar-refractivity contribution in [1.29, 1.82) is 0 Å². The summed E-state index contributed by atoms with van der Waals surface area (Å²) in [4.78, 5) is 2.61. The van der Waals surface area contributed by atoms with Crippen molar-refractivity contribution in [2.24, 2.45) is 0 Å². The van der Waals surface area contributed by atoms with Gasteiger partial charge in [0.15, 0.2) is 0 Å². The number of aryl methyl sites for hydroxylation is 1. The number of benzene rings is 1. The Morgan fingerprint density at radius 1 is 1.00 bits per heavy atom. The first-order valence-electron chi connectivity index (χ1n) is 6.76. The molecular weight excluding hydrogens is 298 g/mol. The fraction of sp³-hybridized carbons (Fsp3) is 0.176. The molecule has 0 aliphatic heterocycles. The van der Waals surface area contributed by atoms with Crippen molar-refractivity contribution in [3.63, 3.8) is 0 Å². The Balaban J connectivity index is 1.98. The minimum absolute atomic E-state index is 0.167. The monoisotopic (exact) mass is 315 g/mol. The summed E-state index contributed by atoms with van der Waals surface area (Å²) in [5.74, 6) is 0.874. The highest BCUT2D eigenvalue weighted by Crippen LogP contribution is 2.35. The zero-order valence-corrected chi connectivity index (χ0v) is 13.6. The van der Waals surface area contributed by atoms with Gasteiger partial charge in [-0.2, -0.15) is 0 Å². The lowest BCUT2D eigenvalue weighted by Crippen LogP contribution is -2.10. The highest BCUT2D eigenvalue weighted by molar-refractivity contribution is 7.11. The molecule has 0 atom stereocenters. The number of methoxy groups -OCH3 is 1. The van der Waals surface area contributed by atoms with Crippen LogP contribution in [0.5, 0.6) is 5.75 Å². The Morgan fingerprint density at radius 2 is 1.67 bits per heavy atom. The van der Waals surface area contributed by atoms with Gasteiger partial charge in [0.05, 0.1) is 18.8 Å². The lowest BCUT2D eigenvalue weighted by atomic mass is 10.1. The molecular formula is C17H17NOS2. The van der Waals surface area contributed by atoms with Gasteiger partial charge in [-0.1, -0.05) is 18.2 Å². The number of rotatable bonds is 5. The summed E-state index contributed by atoms with van der Waals surface area (Å²) in [6, 6.07) is 14.9. The molecule has 0 aliphatic rings. The van der Waals surface area contributed by atoms with E-state index in [1.54, 1.807) is 29.8 Å². The molecule has 2 nitrogen and oxygen atoms in total. The molecule has 108 valence electrons. The molecule has 2 heterocycles. The summed E-state index contributed by atoms with van der Waals surface area (Å²) < 4.78 is 5.48. The van der Waals surface area contributed by atoms with Gasteiger partial charge in [0, 0.05) is 9.75 Å². The zero-order chi connectivity index (χ0) is 14.7. The van der Waals surface area contributed by atoms with Gasteiger partial charge in [-0.15, -0.1) is 22.7 Å². The van der Waals surface area contributed by atoms with Gasteiger partial charge in [-0.05, 0) is 47.5 Å². The van der Waals surface area contributed by atoms with Gasteiger partial charge in [0.2, 0.25) is 0 Å². The number of thiophene rings is 2. The van der Waals surface area contributed by atoms with Gasteiger partial charge in [0.25, 0.3) is 0 Å². The fourth-order valence-corrected chi connectivity index (χ4v) is 3.94. The number of nitrogens with one attached hydrogen (secondary N) is 1. The summed E-state index contributed by atoms with van der Waals surface area (Å²) in [5.41, 5.74) is 2.25. The summed E-state index contributed by atoms with van der Waals surface area (Å²) in [6.07, 6.45) is 0. The molecule has 0 aliphatic carbocycles. The third-order valence-electron chi connectivity index (χ3n) is 3.31. The maximum atomic E-state index is 5.48. The van der Waals surface area contributed by atoms with Crippen molar-refractivity contribution < 1.29 is 4.74 Å². The van der Waals surface area contributed by atoms with Crippen LogP contribution in [0.25, 0.3) is 0 Å². The molecule has 1 aromatic carbocycles. The first-order chi connectivity index (χ1) is 10.3. The van der Waals surface area contributed by atoms with Crippen molar-refractivity contribution in [2.75, 3.05) is 12.4 Å². The molecule has 2 aromatic heterocycles. The lowest BCUT2D eigenvalue weighted by Gasteiger charge is -2.20. The second-order valence-corrected chi connectivity index (χ2v) is 6.77. The molecule has 0 saturated carbocycles. The molecule has 3 aromatic rings. The number of anilines is 1. The van der Waals surface area contributed by atoms with Crippen LogP contribution in [0.2, 0.25) is 0 Å². The Kier molecular flexibility index (Phi) is 4.27. The van der Waals surface area contributed by atoms with Crippen LogP contribution in [0.15, 0.2) is 53.2 Å². The number of ether oxygens (including phenoxy) is 1. The minimum Gasteiger partial charge on any atom is -0.495 e. The van der Waals surface area contributed by atoms with Crippen molar-refractivity contribution in [1.82, 2.24) is 0 Å². The van der Waals surface area contributed by atoms with Crippen LogP contribution < -0.4 is 10.1 Å². The van der Waals surface area contributed by atoms with E-state index in [0.29, 0.717) is 0 Å². The van der Waals surface area contributed by atoms with E-state index in [9.17, 15) is 0 Å². The van der Waals surface area contributed by atoms with Crippen LogP contribution in [0, 0.1) is 6.92 Å². The first kappa shape index (κ1) is 14.2. The Hall–Kier alpha value is -1.78. The standard InChI is InChI=1S/C17H17NOS2/c1-12-7-8-14(19-2)13(11-12)18-17(15-5-3-9-20-15)16-6-4-10-21-16/h3-11,17-18H,1-2H3. The summed E-state index contributed by atoms with van der Waals surface area (Å²) in [7, 11) is 1.71. The lowest BCUT2D eigenvalue weighted by molar-refractivity contribution is 0.416. The predicted octanol–water partition coefficient (Wildman–Crippen LogP) is 5.33. The average Bonchev–Trinajstić information content (AvgIpc) is 3.18. The van der Waals surface area contributed by atoms with Gasteiger partial charge in [-0.25, -0.2) is 0 Å². The van der Waals surface area contributed by atoms with Crippen molar-refractivity contribution in [2.45, 2.75) is 13.0 Å². The van der Waals surface area contributed by atoms with Crippen molar-refractivity contribution in [3.8, 4) is 5.75 Å². The van der Waals surface area contributed by atoms with Crippen LogP contribution in [0.3, 0.4) is 0 Å². The van der Waals surface area contributed by atoms with Crippen molar-refractivity contribution >= 4 is 28.4 Å². The topological polar surface area (TPSA) is 21.3 Å². The third kappa shape index (κ3) is 3.12. The molecule has 0 amide bonds. The minimum atomic E-state index is 0.167. The zero-order valence-electron chi connectivity index (χ0n) is 12.0. The quantitative estimate of drug-likeness (QED) is 0.687. The molecule has 0 unspecified atom stereocenters. The van der Waals surface area contributed by atoms with E-state index in [4.69, 9.17) is 4.74 Å². The molecule has 0 spiro atoms. The SMILES string of the molecule is COc1ccc(C)cc1NC(c1cccs1)c1cccs1. The molecule has 0 fully saturated rings. The van der Waals surface area contributed by atoms with E-state index in [0.717, 1.165) is 11.4 Å². The third-order valence-corrected chi connectivity index (χ3v) is 5.18. The van der Waals surface area contributed by atoms with Crippen LogP contribution in [-0.2, 0) is 0 Å². The predicted molar refractivity (Wildman–Crippen MR) is 91.8 cm³/mol. The summed E-state index contributed by atoms with van der Waals surface area (Å²) in [6.45, 7) is 2.09. The van der Waals surface area contributed by atoms with Crippen LogP contribution in [-0.4, -0.2) is 7.11 Å². The number of hydrogen-bond acceptors (Lipinski definition) is 4. The second kappa shape index (κ2) is 6.33. The largest absolute Gasteiger partial charge is 0.495 e. The van der Waals surface area contributed by atoms with E-state index in [1.165, 1.54) is 15.3 Å². The second-order valence-electron chi connectivity index (χ2n) is 4.81. The number of hydrogen-bond donors (Lipinski definition) is 1. The van der Waals surface area contributed by atoms with Gasteiger partial charge >= 0.3 is 0 Å². The summed E-state index contributed by atoms with van der Waals surface area (Å²) in [5, 5.41) is 7.87. The van der Waals surface area contributed by atoms with Crippen molar-refractivity contribution in [3.05, 3.63) is 68.5 Å². The van der Waals surface area contributed by atoms with Crippen LogP contribution >= 0.6 is 22.7 Å². The van der Waals surface area contributed by atoms with Crippen LogP contribution in [0.4, 0.5) is 5.69 Å². The maximum absolute atomic E-state index is 5.48. The van der Waals surface area contributed by atoms with E-state index in [-0.39, 0.29) is 6.04 Å². The molecule has 3 rings (SSSR count). The van der Waals surface area contributed by atoms with Gasteiger partial charge in [-0.3, -0.25) is 0 Å². The Morgan fingerprint density at radius 3 is 2.19 bits per heavy atom. The van der Waals surface area contributed by atoms with E-state index in [1.807, 2.05) is 6.07 Å². The smallest absolute Gasteiger partial charge is 0.141 e.